The second kappa shape index (κ2) is 7.96. The van der Waals surface area contributed by atoms with Gasteiger partial charge in [0.2, 0.25) is 5.82 Å². The lowest BCUT2D eigenvalue weighted by molar-refractivity contribution is -0.151. The Bertz CT molecular complexity index is 949. The lowest BCUT2D eigenvalue weighted by atomic mass is 10.2. The Morgan fingerprint density at radius 3 is 2.63 bits per heavy atom. The Labute approximate surface area is 170 Å². The maximum absolute atomic E-state index is 12.1. The summed E-state index contributed by atoms with van der Waals surface area (Å²) < 4.78 is 12.6. The van der Waals surface area contributed by atoms with Crippen LogP contribution in [0.5, 0.6) is 0 Å². The Morgan fingerprint density at radius 1 is 1.22 bits per heavy atom. The summed E-state index contributed by atoms with van der Waals surface area (Å²) in [6.45, 7) is 5.47. The molecule has 0 unspecified atom stereocenters. The Hall–Kier alpha value is -1.96. The van der Waals surface area contributed by atoms with Crippen molar-refractivity contribution in [1.29, 1.82) is 0 Å². The number of benzene rings is 1. The van der Waals surface area contributed by atoms with Crippen molar-refractivity contribution in [2.24, 2.45) is 0 Å². The van der Waals surface area contributed by atoms with Crippen LogP contribution in [0, 0.1) is 0 Å². The van der Waals surface area contributed by atoms with Gasteiger partial charge in [0.1, 0.15) is 5.60 Å². The summed E-state index contributed by atoms with van der Waals surface area (Å²) in [6.07, 6.45) is 1.55. The number of halogens is 2. The molecule has 9 heteroatoms. The van der Waals surface area contributed by atoms with Gasteiger partial charge in [-0.15, -0.1) is 10.2 Å². The zero-order valence-corrected chi connectivity index (χ0v) is 17.2. The molecule has 3 rings (SSSR count). The standard InChI is InChI=1S/C18H17Cl2N3O3S/c1-18(2,3)26-15(24)10-27-17-22-21-16(14-5-4-8-25-14)23(17)11-6-7-12(19)13(20)9-11/h4-9H,10H2,1-3H3. The normalized spacial score (nSPS) is 11.6. The van der Waals surface area contributed by atoms with Crippen molar-refractivity contribution in [2.75, 3.05) is 5.75 Å². The molecule has 142 valence electrons. The highest BCUT2D eigenvalue weighted by Gasteiger charge is 2.21. The minimum absolute atomic E-state index is 0.0921. The van der Waals surface area contributed by atoms with Crippen LogP contribution in [0.4, 0.5) is 0 Å². The van der Waals surface area contributed by atoms with E-state index in [0.29, 0.717) is 32.5 Å². The summed E-state index contributed by atoms with van der Waals surface area (Å²) in [7, 11) is 0. The number of thioether (sulfide) groups is 1. The van der Waals surface area contributed by atoms with Crippen LogP contribution in [0.2, 0.25) is 10.0 Å². The first-order chi connectivity index (χ1) is 12.7. The van der Waals surface area contributed by atoms with Gasteiger partial charge in [0.05, 0.1) is 27.7 Å². The summed E-state index contributed by atoms with van der Waals surface area (Å²) in [5.74, 6) is 0.785. The van der Waals surface area contributed by atoms with Crippen molar-refractivity contribution in [1.82, 2.24) is 14.8 Å². The van der Waals surface area contributed by atoms with Gasteiger partial charge in [0.25, 0.3) is 0 Å². The van der Waals surface area contributed by atoms with Gasteiger partial charge in [0, 0.05) is 0 Å². The van der Waals surface area contributed by atoms with Gasteiger partial charge in [0.15, 0.2) is 10.9 Å². The molecule has 0 aliphatic carbocycles. The molecule has 0 fully saturated rings. The molecule has 0 aliphatic rings. The Balaban J connectivity index is 1.95. The molecule has 0 aliphatic heterocycles. The first kappa shape index (κ1) is 19.8. The lowest BCUT2D eigenvalue weighted by Crippen LogP contribution is -2.25. The van der Waals surface area contributed by atoms with E-state index in [1.54, 1.807) is 41.2 Å². The number of aromatic nitrogens is 3. The van der Waals surface area contributed by atoms with E-state index in [1.165, 1.54) is 11.8 Å². The predicted molar refractivity (Wildman–Crippen MR) is 106 cm³/mol. The highest BCUT2D eigenvalue weighted by atomic mass is 35.5. The number of esters is 1. The summed E-state index contributed by atoms with van der Waals surface area (Å²) >= 11 is 13.4. The highest BCUT2D eigenvalue weighted by molar-refractivity contribution is 7.99. The fourth-order valence-corrected chi connectivity index (χ4v) is 3.30. The van der Waals surface area contributed by atoms with Crippen molar-refractivity contribution in [3.63, 3.8) is 0 Å². The van der Waals surface area contributed by atoms with Crippen LogP contribution in [0.3, 0.4) is 0 Å². The average Bonchev–Trinajstić information content (AvgIpc) is 3.22. The number of hydrogen-bond donors (Lipinski definition) is 0. The zero-order valence-electron chi connectivity index (χ0n) is 14.9. The van der Waals surface area contributed by atoms with E-state index in [-0.39, 0.29) is 11.7 Å². The molecular formula is C18H17Cl2N3O3S. The molecule has 0 radical (unpaired) electrons. The second-order valence-electron chi connectivity index (χ2n) is 6.59. The van der Waals surface area contributed by atoms with E-state index in [0.717, 1.165) is 0 Å². The van der Waals surface area contributed by atoms with Crippen molar-refractivity contribution in [3.05, 3.63) is 46.6 Å². The summed E-state index contributed by atoms with van der Waals surface area (Å²) in [5.41, 5.74) is 0.154. The second-order valence-corrected chi connectivity index (χ2v) is 8.35. The molecule has 0 spiro atoms. The molecule has 1 aromatic carbocycles. The van der Waals surface area contributed by atoms with Crippen LogP contribution in [0.15, 0.2) is 46.2 Å². The highest BCUT2D eigenvalue weighted by Crippen LogP contribution is 2.31. The number of rotatable bonds is 5. The summed E-state index contributed by atoms with van der Waals surface area (Å²) in [6, 6.07) is 8.73. The van der Waals surface area contributed by atoms with Crippen molar-refractivity contribution < 1.29 is 13.9 Å². The molecule has 0 saturated heterocycles. The topological polar surface area (TPSA) is 70.2 Å². The number of ether oxygens (including phenoxy) is 1. The molecule has 0 amide bonds. The third kappa shape index (κ3) is 4.86. The third-order valence-corrected chi connectivity index (χ3v) is 4.92. The number of hydrogen-bond acceptors (Lipinski definition) is 6. The number of carbonyl (C=O) groups excluding carboxylic acids is 1. The quantitative estimate of drug-likeness (QED) is 0.409. The summed E-state index contributed by atoms with van der Waals surface area (Å²) in [4.78, 5) is 12.1. The molecule has 0 bridgehead atoms. The Kier molecular flexibility index (Phi) is 5.83. The van der Waals surface area contributed by atoms with Gasteiger partial charge in [-0.3, -0.25) is 9.36 Å². The minimum atomic E-state index is -0.547. The molecule has 2 aromatic heterocycles. The SMILES string of the molecule is CC(C)(C)OC(=O)CSc1nnc(-c2ccco2)n1-c1ccc(Cl)c(Cl)c1. The predicted octanol–water partition coefficient (Wildman–Crippen LogP) is 5.27. The first-order valence-electron chi connectivity index (χ1n) is 8.04. The van der Waals surface area contributed by atoms with E-state index < -0.39 is 5.60 Å². The fourth-order valence-electron chi connectivity index (χ4n) is 2.28. The maximum Gasteiger partial charge on any atom is 0.316 e. The van der Waals surface area contributed by atoms with Gasteiger partial charge < -0.3 is 9.15 Å². The minimum Gasteiger partial charge on any atom is -0.461 e. The molecule has 3 aromatic rings. The molecule has 0 saturated carbocycles. The van der Waals surface area contributed by atoms with Crippen molar-refractivity contribution in [3.8, 4) is 17.3 Å². The molecule has 27 heavy (non-hydrogen) atoms. The van der Waals surface area contributed by atoms with Crippen molar-refractivity contribution in [2.45, 2.75) is 31.5 Å². The molecular weight excluding hydrogens is 409 g/mol. The van der Waals surface area contributed by atoms with Crippen LogP contribution < -0.4 is 0 Å². The number of carbonyl (C=O) groups is 1. The Morgan fingerprint density at radius 2 is 2.00 bits per heavy atom. The van der Waals surface area contributed by atoms with Crippen LogP contribution in [-0.4, -0.2) is 32.1 Å². The third-order valence-electron chi connectivity index (χ3n) is 3.28. The smallest absolute Gasteiger partial charge is 0.316 e. The monoisotopic (exact) mass is 425 g/mol. The fraction of sp³-hybridized carbons (Fsp3) is 0.278. The van der Waals surface area contributed by atoms with E-state index in [9.17, 15) is 4.79 Å². The van der Waals surface area contributed by atoms with Crippen LogP contribution in [0.1, 0.15) is 20.8 Å². The zero-order chi connectivity index (χ0) is 19.6. The largest absolute Gasteiger partial charge is 0.461 e. The molecule has 0 N–H and O–H groups in total. The van der Waals surface area contributed by atoms with Gasteiger partial charge in [-0.2, -0.15) is 0 Å². The van der Waals surface area contributed by atoms with Gasteiger partial charge >= 0.3 is 5.97 Å². The van der Waals surface area contributed by atoms with Crippen LogP contribution >= 0.6 is 35.0 Å². The average molecular weight is 426 g/mol. The molecule has 2 heterocycles. The summed E-state index contributed by atoms with van der Waals surface area (Å²) in [5, 5.41) is 9.76. The van der Waals surface area contributed by atoms with Crippen LogP contribution in [-0.2, 0) is 9.53 Å². The van der Waals surface area contributed by atoms with Gasteiger partial charge in [-0.05, 0) is 51.1 Å². The van der Waals surface area contributed by atoms with Gasteiger partial charge in [-0.25, -0.2) is 0 Å². The first-order valence-corrected chi connectivity index (χ1v) is 9.78. The van der Waals surface area contributed by atoms with Gasteiger partial charge in [-0.1, -0.05) is 35.0 Å². The number of furan rings is 1. The maximum atomic E-state index is 12.1. The lowest BCUT2D eigenvalue weighted by Gasteiger charge is -2.19. The van der Waals surface area contributed by atoms with Crippen LogP contribution in [0.25, 0.3) is 17.3 Å². The van der Waals surface area contributed by atoms with E-state index in [1.807, 2.05) is 20.8 Å². The molecule has 6 nitrogen and oxygen atoms in total. The van der Waals surface area contributed by atoms with E-state index in [2.05, 4.69) is 10.2 Å². The van der Waals surface area contributed by atoms with Crippen molar-refractivity contribution >= 4 is 40.9 Å². The molecule has 0 atom stereocenters. The number of nitrogens with zero attached hydrogens (tertiary/aromatic N) is 3. The van der Waals surface area contributed by atoms with E-state index >= 15 is 0 Å². The van der Waals surface area contributed by atoms with E-state index in [4.69, 9.17) is 32.4 Å².